The van der Waals surface area contributed by atoms with Gasteiger partial charge in [-0.05, 0) is 47.6 Å². The van der Waals surface area contributed by atoms with Crippen LogP contribution in [-0.4, -0.2) is 28.2 Å². The fourth-order valence-electron chi connectivity index (χ4n) is 2.98. The maximum absolute atomic E-state index is 11.9. The predicted octanol–water partition coefficient (Wildman–Crippen LogP) is 3.24. The first-order valence-corrected chi connectivity index (χ1v) is 9.82. The third-order valence-corrected chi connectivity index (χ3v) is 6.45. The minimum absolute atomic E-state index is 0.104. The summed E-state index contributed by atoms with van der Waals surface area (Å²) < 4.78 is 10.3. The van der Waals surface area contributed by atoms with Crippen LogP contribution in [0.15, 0.2) is 24.5 Å². The predicted molar refractivity (Wildman–Crippen MR) is 105 cm³/mol. The Balaban J connectivity index is 1.71. The number of aromatic nitrogens is 2. The second-order valence-corrected chi connectivity index (χ2v) is 7.93. The second kappa shape index (κ2) is 6.75. The van der Waals surface area contributed by atoms with Gasteiger partial charge in [0, 0.05) is 20.2 Å². The van der Waals surface area contributed by atoms with Crippen LogP contribution < -0.4 is 15.4 Å². The van der Waals surface area contributed by atoms with E-state index in [1.54, 1.807) is 25.4 Å². The van der Waals surface area contributed by atoms with Crippen molar-refractivity contribution in [3.05, 3.63) is 40.5 Å². The van der Waals surface area contributed by atoms with Crippen LogP contribution in [0.25, 0.3) is 10.4 Å². The first-order valence-electron chi connectivity index (χ1n) is 8.23. The molecule has 1 aliphatic rings. The maximum Gasteiger partial charge on any atom is 0.259 e. The molecule has 0 bridgehead atoms. The molecule has 1 aliphatic carbocycles. The average molecular weight is 400 g/mol. The molecule has 9 heteroatoms. The molecule has 0 saturated heterocycles. The van der Waals surface area contributed by atoms with Gasteiger partial charge >= 0.3 is 0 Å². The van der Waals surface area contributed by atoms with Gasteiger partial charge in [0.25, 0.3) is 5.91 Å². The summed E-state index contributed by atoms with van der Waals surface area (Å²) in [6.07, 6.45) is 4.99. The summed E-state index contributed by atoms with van der Waals surface area (Å²) in [6.45, 7) is 1.47. The monoisotopic (exact) mass is 400 g/mol. The number of carbonyl (C=O) groups is 2. The summed E-state index contributed by atoms with van der Waals surface area (Å²) in [5.41, 5.74) is 8.57. The van der Waals surface area contributed by atoms with Crippen LogP contribution in [0.4, 0.5) is 5.82 Å². The van der Waals surface area contributed by atoms with Gasteiger partial charge in [0.05, 0.1) is 21.5 Å². The molecule has 3 aromatic rings. The third kappa shape index (κ3) is 3.08. The topological polar surface area (TPSA) is 98.4 Å². The molecule has 0 unspecified atom stereocenters. The molecule has 3 heterocycles. The molecule has 2 N–H and O–H groups in total. The summed E-state index contributed by atoms with van der Waals surface area (Å²) in [5.74, 6) is 0.501. The van der Waals surface area contributed by atoms with Crippen LogP contribution in [0.2, 0.25) is 0 Å². The first-order chi connectivity index (χ1) is 13.0. The number of fused-ring (bicyclic) bond motifs is 3. The molecule has 7 nitrogen and oxygen atoms in total. The van der Waals surface area contributed by atoms with Crippen LogP contribution in [-0.2, 0) is 17.6 Å². The Bertz CT molecular complexity index is 1040. The molecule has 3 aromatic heterocycles. The van der Waals surface area contributed by atoms with Gasteiger partial charge < -0.3 is 15.4 Å². The van der Waals surface area contributed by atoms with Crippen molar-refractivity contribution in [1.29, 1.82) is 0 Å². The molecule has 27 heavy (non-hydrogen) atoms. The van der Waals surface area contributed by atoms with Gasteiger partial charge in [0.15, 0.2) is 5.06 Å². The fraction of sp³-hybridized carbons (Fsp3) is 0.222. The lowest BCUT2D eigenvalue weighted by atomic mass is 9.93. The van der Waals surface area contributed by atoms with E-state index >= 15 is 0 Å². The standard InChI is InChI=1S/C18H16N4O3S2/c1-9(23)22(2)13-6-4-11(8-20-13)25-18-14-12(16(26-18)17(19)24)5-3-10-7-21-27-15(10)14/h4,6-8H,3,5H2,1-2H3,(H2,19,24). The minimum atomic E-state index is -0.448. The number of aryl methyl sites for hydroxylation is 1. The first kappa shape index (κ1) is 17.6. The van der Waals surface area contributed by atoms with Crippen molar-refractivity contribution < 1.29 is 14.3 Å². The molecule has 0 saturated carbocycles. The number of nitrogens with zero attached hydrogens (tertiary/aromatic N) is 3. The van der Waals surface area contributed by atoms with Gasteiger partial charge in [-0.1, -0.05) is 11.3 Å². The number of nitrogens with two attached hydrogens (primary N) is 1. The maximum atomic E-state index is 11.9. The Kier molecular flexibility index (Phi) is 4.40. The molecule has 4 rings (SSSR count). The number of rotatable bonds is 4. The Morgan fingerprint density at radius 3 is 2.74 bits per heavy atom. The van der Waals surface area contributed by atoms with Crippen LogP contribution in [0.5, 0.6) is 10.8 Å². The van der Waals surface area contributed by atoms with E-state index in [1.165, 1.54) is 34.7 Å². The smallest absolute Gasteiger partial charge is 0.259 e. The lowest BCUT2D eigenvalue weighted by Gasteiger charge is -2.15. The minimum Gasteiger partial charge on any atom is -0.444 e. The number of carbonyl (C=O) groups excluding carboxylic acids is 2. The number of thiophene rings is 1. The van der Waals surface area contributed by atoms with Crippen molar-refractivity contribution in [2.24, 2.45) is 5.73 Å². The summed E-state index contributed by atoms with van der Waals surface area (Å²) in [5, 5.41) is 0.610. The van der Waals surface area contributed by atoms with Crippen LogP contribution in [0.3, 0.4) is 0 Å². The van der Waals surface area contributed by atoms with Crippen molar-refractivity contribution in [2.75, 3.05) is 11.9 Å². The Morgan fingerprint density at radius 1 is 1.26 bits per heavy atom. The zero-order chi connectivity index (χ0) is 19.1. The highest BCUT2D eigenvalue weighted by atomic mass is 32.1. The highest BCUT2D eigenvalue weighted by Crippen LogP contribution is 2.49. The third-order valence-electron chi connectivity index (χ3n) is 4.46. The van der Waals surface area contributed by atoms with Crippen LogP contribution in [0.1, 0.15) is 27.7 Å². The summed E-state index contributed by atoms with van der Waals surface area (Å²) >= 11 is 2.64. The molecule has 0 spiro atoms. The molecule has 2 amide bonds. The molecule has 0 fully saturated rings. The van der Waals surface area contributed by atoms with E-state index in [2.05, 4.69) is 9.36 Å². The van der Waals surface area contributed by atoms with E-state index in [1.807, 2.05) is 6.20 Å². The van der Waals surface area contributed by atoms with E-state index in [4.69, 9.17) is 10.5 Å². The van der Waals surface area contributed by atoms with Gasteiger partial charge in [0.2, 0.25) is 5.91 Å². The van der Waals surface area contributed by atoms with Gasteiger partial charge in [-0.15, -0.1) is 0 Å². The van der Waals surface area contributed by atoms with Gasteiger partial charge in [-0.3, -0.25) is 9.59 Å². The molecule has 0 radical (unpaired) electrons. The van der Waals surface area contributed by atoms with E-state index in [0.29, 0.717) is 21.5 Å². The average Bonchev–Trinajstić information content (AvgIpc) is 3.26. The summed E-state index contributed by atoms with van der Waals surface area (Å²) in [6, 6.07) is 3.46. The summed E-state index contributed by atoms with van der Waals surface area (Å²) in [7, 11) is 1.66. The second-order valence-electron chi connectivity index (χ2n) is 6.15. The summed E-state index contributed by atoms with van der Waals surface area (Å²) in [4.78, 5) is 30.6. The van der Waals surface area contributed by atoms with Crippen molar-refractivity contribution in [2.45, 2.75) is 19.8 Å². The number of hydrogen-bond acceptors (Lipinski definition) is 7. The number of primary amides is 1. The number of amides is 2. The molecule has 138 valence electrons. The molecular formula is C18H16N4O3S2. The van der Waals surface area contributed by atoms with Crippen LogP contribution >= 0.6 is 22.9 Å². The fourth-order valence-corrected chi connectivity index (χ4v) is 4.99. The Labute approximate surface area is 163 Å². The van der Waals surface area contributed by atoms with Crippen LogP contribution in [0, 0.1) is 0 Å². The van der Waals surface area contributed by atoms with Gasteiger partial charge in [0.1, 0.15) is 11.6 Å². The number of anilines is 1. The Hall–Kier alpha value is -2.78. The normalized spacial score (nSPS) is 12.2. The van der Waals surface area contributed by atoms with Crippen molar-refractivity contribution in [3.63, 3.8) is 0 Å². The lowest BCUT2D eigenvalue weighted by Crippen LogP contribution is -2.23. The highest BCUT2D eigenvalue weighted by Gasteiger charge is 2.30. The highest BCUT2D eigenvalue weighted by molar-refractivity contribution is 7.17. The van der Waals surface area contributed by atoms with E-state index in [0.717, 1.165) is 34.4 Å². The molecular weight excluding hydrogens is 384 g/mol. The van der Waals surface area contributed by atoms with Gasteiger partial charge in [-0.2, -0.15) is 0 Å². The zero-order valence-electron chi connectivity index (χ0n) is 14.7. The number of ether oxygens (including phenoxy) is 1. The SMILES string of the molecule is CC(=O)N(C)c1ccc(Oc2sc(C(N)=O)c3c2-c2sncc2CC3)cn1. The largest absolute Gasteiger partial charge is 0.444 e. The number of hydrogen-bond donors (Lipinski definition) is 1. The Morgan fingerprint density at radius 2 is 2.07 bits per heavy atom. The van der Waals surface area contributed by atoms with E-state index in [-0.39, 0.29) is 5.91 Å². The molecule has 0 aromatic carbocycles. The molecule has 0 aliphatic heterocycles. The molecule has 0 atom stereocenters. The van der Waals surface area contributed by atoms with Crippen molar-refractivity contribution in [1.82, 2.24) is 9.36 Å². The van der Waals surface area contributed by atoms with Crippen molar-refractivity contribution >= 4 is 40.5 Å². The quantitative estimate of drug-likeness (QED) is 0.725. The zero-order valence-corrected chi connectivity index (χ0v) is 16.3. The number of pyridine rings is 1. The van der Waals surface area contributed by atoms with E-state index < -0.39 is 5.91 Å². The lowest BCUT2D eigenvalue weighted by molar-refractivity contribution is -0.116. The van der Waals surface area contributed by atoms with E-state index in [9.17, 15) is 9.59 Å². The van der Waals surface area contributed by atoms with Gasteiger partial charge in [-0.25, -0.2) is 9.36 Å². The van der Waals surface area contributed by atoms with Crippen molar-refractivity contribution in [3.8, 4) is 21.3 Å².